The Bertz CT molecular complexity index is 1530. The van der Waals surface area contributed by atoms with Crippen LogP contribution >= 0.6 is 0 Å². The number of benzene rings is 1. The Hall–Kier alpha value is -4.38. The van der Waals surface area contributed by atoms with Crippen LogP contribution in [-0.2, 0) is 16.0 Å². The Balaban J connectivity index is 1.11. The minimum atomic E-state index is -0.449. The molecule has 2 aliphatic heterocycles. The molecule has 6 rings (SSSR count). The van der Waals surface area contributed by atoms with Gasteiger partial charge in [0.05, 0.1) is 24.2 Å². The second kappa shape index (κ2) is 10.1. The quantitative estimate of drug-likeness (QED) is 0.462. The lowest BCUT2D eigenvalue weighted by Crippen LogP contribution is -2.46. The van der Waals surface area contributed by atoms with Gasteiger partial charge in [-0.3, -0.25) is 9.69 Å². The molecule has 2 N–H and O–H groups in total. The predicted octanol–water partition coefficient (Wildman–Crippen LogP) is 3.04. The zero-order chi connectivity index (χ0) is 27.1. The van der Waals surface area contributed by atoms with Crippen LogP contribution < -0.4 is 25.8 Å². The molecule has 2 aromatic heterocycles. The van der Waals surface area contributed by atoms with Gasteiger partial charge in [-0.05, 0) is 48.6 Å². The fourth-order valence-electron chi connectivity index (χ4n) is 5.59. The summed E-state index contributed by atoms with van der Waals surface area (Å²) in [6.07, 6.45) is 1.59. The molecule has 0 unspecified atom stereocenters. The molecule has 3 atom stereocenters. The van der Waals surface area contributed by atoms with Crippen molar-refractivity contribution in [3.63, 3.8) is 0 Å². The van der Waals surface area contributed by atoms with Crippen LogP contribution in [-0.4, -0.2) is 60.1 Å². The summed E-state index contributed by atoms with van der Waals surface area (Å²) in [5.74, 6) is 1.23. The van der Waals surface area contributed by atoms with E-state index in [0.29, 0.717) is 60.3 Å². The van der Waals surface area contributed by atoms with Gasteiger partial charge in [0.1, 0.15) is 18.5 Å². The van der Waals surface area contributed by atoms with Gasteiger partial charge in [0.15, 0.2) is 11.6 Å². The third-order valence-corrected chi connectivity index (χ3v) is 7.51. The lowest BCUT2D eigenvalue weighted by Gasteiger charge is -2.33. The third-order valence-electron chi connectivity index (χ3n) is 7.51. The van der Waals surface area contributed by atoms with E-state index in [9.17, 15) is 14.4 Å². The van der Waals surface area contributed by atoms with Crippen LogP contribution in [0.1, 0.15) is 29.6 Å². The largest absolute Gasteiger partial charge is 0.484 e. The number of rotatable bonds is 6. The van der Waals surface area contributed by atoms with E-state index >= 15 is 0 Å². The van der Waals surface area contributed by atoms with Gasteiger partial charge in [0, 0.05) is 37.3 Å². The zero-order valence-electron chi connectivity index (χ0n) is 21.5. The molecule has 3 aliphatic rings. The predicted molar refractivity (Wildman–Crippen MR) is 144 cm³/mol. The van der Waals surface area contributed by atoms with Crippen molar-refractivity contribution < 1.29 is 23.8 Å². The van der Waals surface area contributed by atoms with Crippen molar-refractivity contribution in [2.24, 2.45) is 0 Å². The topological polar surface area (TPSA) is 124 Å². The highest BCUT2D eigenvalue weighted by atomic mass is 16.6. The summed E-state index contributed by atoms with van der Waals surface area (Å²) in [7, 11) is 1.33. The molecule has 11 heteroatoms. The number of hydrogen-bond donors (Lipinski definition) is 2. The van der Waals surface area contributed by atoms with Crippen molar-refractivity contribution in [3.05, 3.63) is 70.7 Å². The van der Waals surface area contributed by atoms with E-state index in [2.05, 4.69) is 22.2 Å². The Morgan fingerprint density at radius 3 is 2.90 bits per heavy atom. The van der Waals surface area contributed by atoms with Crippen molar-refractivity contribution >= 4 is 34.6 Å². The van der Waals surface area contributed by atoms with Crippen LogP contribution in [0.15, 0.2) is 59.5 Å². The standard InChI is InChI=1S/C28H29N5O6/c1-16-15-38-22-8-9-24(31-26(22)30-16)33-20-7-6-19(14-23(20)39-28(33)36)29-11-12-32-21-13-18(27(35)37-2)4-3-17(21)5-10-25(32)34/h3-5,8-10,13,19-20,23,29H,1,6-7,11-12,14-15H2,2H3,(H,30,31)/t19-,20-,23-/m1/s1. The SMILES string of the molecule is C=C1COc2ccc(N3C(=O)O[C@@H]4C[C@H](NCCn5c(=O)ccc6ccc(C(=O)OC)cc65)CC[C@H]43)nc2N1. The average molecular weight is 532 g/mol. The first-order valence-corrected chi connectivity index (χ1v) is 12.9. The number of hydrogen-bond acceptors (Lipinski definition) is 9. The minimum absolute atomic E-state index is 0.105. The number of nitrogens with one attached hydrogen (secondary N) is 2. The van der Waals surface area contributed by atoms with Crippen molar-refractivity contribution in [2.75, 3.05) is 30.5 Å². The number of amides is 1. The molecule has 1 aromatic carbocycles. The number of ether oxygens (including phenoxy) is 3. The Morgan fingerprint density at radius 2 is 2.05 bits per heavy atom. The normalized spacial score (nSPS) is 22.0. The summed E-state index contributed by atoms with van der Waals surface area (Å²) < 4.78 is 17.9. The lowest BCUT2D eigenvalue weighted by molar-refractivity contribution is 0.0600. The number of aromatic nitrogens is 2. The van der Waals surface area contributed by atoms with Crippen LogP contribution in [0.5, 0.6) is 5.75 Å². The first-order valence-electron chi connectivity index (χ1n) is 12.9. The Labute approximate surface area is 224 Å². The monoisotopic (exact) mass is 531 g/mol. The number of nitrogens with zero attached hydrogens (tertiary/aromatic N) is 3. The van der Waals surface area contributed by atoms with E-state index in [0.717, 1.165) is 18.2 Å². The maximum atomic E-state index is 12.8. The van der Waals surface area contributed by atoms with E-state index in [-0.39, 0.29) is 23.7 Å². The van der Waals surface area contributed by atoms with Gasteiger partial charge in [-0.1, -0.05) is 12.6 Å². The smallest absolute Gasteiger partial charge is 0.416 e. The Kier molecular flexibility index (Phi) is 6.43. The molecule has 1 amide bonds. The molecular formula is C28H29N5O6. The van der Waals surface area contributed by atoms with E-state index in [4.69, 9.17) is 14.2 Å². The van der Waals surface area contributed by atoms with Gasteiger partial charge >= 0.3 is 12.1 Å². The fourth-order valence-corrected chi connectivity index (χ4v) is 5.59. The van der Waals surface area contributed by atoms with Gasteiger partial charge in [0.25, 0.3) is 5.56 Å². The summed E-state index contributed by atoms with van der Waals surface area (Å²) in [6, 6.07) is 12.1. The summed E-state index contributed by atoms with van der Waals surface area (Å²) in [5.41, 5.74) is 1.63. The van der Waals surface area contributed by atoms with Gasteiger partial charge in [0.2, 0.25) is 0 Å². The van der Waals surface area contributed by atoms with Crippen LogP contribution in [0, 0.1) is 0 Å². The van der Waals surface area contributed by atoms with Crippen molar-refractivity contribution in [2.45, 2.75) is 44.0 Å². The summed E-state index contributed by atoms with van der Waals surface area (Å²) in [5, 5.41) is 7.50. The van der Waals surface area contributed by atoms with Crippen LogP contribution in [0.2, 0.25) is 0 Å². The highest BCUT2D eigenvalue weighted by Crippen LogP contribution is 2.37. The van der Waals surface area contributed by atoms with E-state index in [1.165, 1.54) is 13.2 Å². The average Bonchev–Trinajstić information content (AvgIpc) is 3.27. The first kappa shape index (κ1) is 24.9. The van der Waals surface area contributed by atoms with Gasteiger partial charge in [-0.2, -0.15) is 0 Å². The van der Waals surface area contributed by atoms with Crippen LogP contribution in [0.25, 0.3) is 10.9 Å². The highest BCUT2D eigenvalue weighted by molar-refractivity contribution is 5.94. The van der Waals surface area contributed by atoms with E-state index < -0.39 is 12.1 Å². The molecule has 0 spiro atoms. The number of carbonyl (C=O) groups is 2. The molecule has 3 aromatic rings. The summed E-state index contributed by atoms with van der Waals surface area (Å²) in [6.45, 7) is 5.23. The number of methoxy groups -OCH3 is 1. The number of esters is 1. The minimum Gasteiger partial charge on any atom is -0.484 e. The molecule has 0 radical (unpaired) electrons. The molecule has 1 saturated heterocycles. The summed E-state index contributed by atoms with van der Waals surface area (Å²) >= 11 is 0. The van der Waals surface area contributed by atoms with Crippen LogP contribution in [0.3, 0.4) is 0 Å². The van der Waals surface area contributed by atoms with Gasteiger partial charge in [-0.15, -0.1) is 0 Å². The maximum absolute atomic E-state index is 12.8. The maximum Gasteiger partial charge on any atom is 0.416 e. The number of pyridine rings is 2. The second-order valence-electron chi connectivity index (χ2n) is 9.95. The lowest BCUT2D eigenvalue weighted by atomic mass is 9.88. The number of fused-ring (bicyclic) bond motifs is 3. The van der Waals surface area contributed by atoms with Crippen molar-refractivity contribution in [3.8, 4) is 5.75 Å². The second-order valence-corrected chi connectivity index (χ2v) is 9.95. The van der Waals surface area contributed by atoms with E-state index in [1.54, 1.807) is 39.8 Å². The van der Waals surface area contributed by atoms with E-state index in [1.807, 2.05) is 6.07 Å². The molecule has 0 bridgehead atoms. The Morgan fingerprint density at radius 1 is 1.21 bits per heavy atom. The molecule has 2 fully saturated rings. The molecule has 1 aliphatic carbocycles. The van der Waals surface area contributed by atoms with Crippen molar-refractivity contribution in [1.82, 2.24) is 14.9 Å². The van der Waals surface area contributed by atoms with Crippen molar-refractivity contribution in [1.29, 1.82) is 0 Å². The van der Waals surface area contributed by atoms with Gasteiger partial charge < -0.3 is 29.4 Å². The molecule has 4 heterocycles. The number of anilines is 2. The summed E-state index contributed by atoms with van der Waals surface area (Å²) in [4.78, 5) is 43.7. The molecule has 1 saturated carbocycles. The molecule has 39 heavy (non-hydrogen) atoms. The van der Waals surface area contributed by atoms with Gasteiger partial charge in [-0.25, -0.2) is 14.6 Å². The zero-order valence-corrected chi connectivity index (χ0v) is 21.5. The first-order chi connectivity index (χ1) is 18.9. The molecular weight excluding hydrogens is 502 g/mol. The van der Waals surface area contributed by atoms with Crippen LogP contribution in [0.4, 0.5) is 16.4 Å². The molecule has 202 valence electrons. The third kappa shape index (κ3) is 4.69. The highest BCUT2D eigenvalue weighted by Gasteiger charge is 2.46. The number of carbonyl (C=O) groups excluding carboxylic acids is 2. The molecule has 11 nitrogen and oxygen atoms in total. The fraction of sp³-hybridized carbons (Fsp3) is 0.357.